The molecule has 0 unspecified atom stereocenters. The van der Waals surface area contributed by atoms with E-state index in [4.69, 9.17) is 16.3 Å². The van der Waals surface area contributed by atoms with Gasteiger partial charge in [0.25, 0.3) is 0 Å². The number of carbonyl (C=O) groups excluding carboxylic acids is 2. The molecule has 0 saturated heterocycles. The van der Waals surface area contributed by atoms with E-state index in [1.54, 1.807) is 6.92 Å². The molecule has 0 radical (unpaired) electrons. The minimum absolute atomic E-state index is 0.0736. The fraction of sp³-hybridized carbons (Fsp3) is 0.235. The minimum atomic E-state index is -0.646. The van der Waals surface area contributed by atoms with E-state index < -0.39 is 17.8 Å². The zero-order valence-corrected chi connectivity index (χ0v) is 14.1. The Morgan fingerprint density at radius 2 is 2.04 bits per heavy atom. The Bertz CT molecular complexity index is 807. The molecule has 0 amide bonds. The van der Waals surface area contributed by atoms with Gasteiger partial charge in [-0.2, -0.15) is 0 Å². The van der Waals surface area contributed by atoms with E-state index in [2.05, 4.69) is 9.72 Å². The molecule has 1 aromatic heterocycles. The van der Waals surface area contributed by atoms with Crippen molar-refractivity contribution in [2.75, 3.05) is 7.11 Å². The number of hydrogen-bond acceptors (Lipinski definition) is 5. The van der Waals surface area contributed by atoms with E-state index in [0.717, 1.165) is 0 Å². The van der Waals surface area contributed by atoms with Crippen LogP contribution in [0.2, 0.25) is 5.02 Å². The summed E-state index contributed by atoms with van der Waals surface area (Å²) in [5.74, 6) is -1.52. The van der Waals surface area contributed by atoms with Crippen molar-refractivity contribution in [3.8, 4) is 11.1 Å². The molecule has 2 rings (SSSR count). The highest BCUT2D eigenvalue weighted by Gasteiger charge is 2.21. The summed E-state index contributed by atoms with van der Waals surface area (Å²) in [5.41, 5.74) is 2.02. The van der Waals surface area contributed by atoms with Crippen LogP contribution in [0.15, 0.2) is 24.4 Å². The van der Waals surface area contributed by atoms with E-state index in [1.165, 1.54) is 38.4 Å². The third kappa shape index (κ3) is 3.71. The van der Waals surface area contributed by atoms with Gasteiger partial charge in [0.15, 0.2) is 0 Å². The molecule has 126 valence electrons. The smallest absolute Gasteiger partial charge is 0.340 e. The average molecular weight is 352 g/mol. The molecule has 2 aromatic rings. The van der Waals surface area contributed by atoms with Crippen LogP contribution in [0.3, 0.4) is 0 Å². The van der Waals surface area contributed by atoms with Crippen molar-refractivity contribution in [1.82, 2.24) is 4.98 Å². The normalized spacial score (nSPS) is 10.4. The van der Waals surface area contributed by atoms with Gasteiger partial charge in [-0.15, -0.1) is 0 Å². The number of ether oxygens (including phenoxy) is 2. The van der Waals surface area contributed by atoms with E-state index >= 15 is 0 Å². The van der Waals surface area contributed by atoms with E-state index in [-0.39, 0.29) is 17.2 Å². The first kappa shape index (κ1) is 17.9. The number of aromatic nitrogens is 1. The van der Waals surface area contributed by atoms with Gasteiger partial charge in [-0.3, -0.25) is 9.78 Å². The van der Waals surface area contributed by atoms with Crippen LogP contribution in [-0.4, -0.2) is 24.0 Å². The lowest BCUT2D eigenvalue weighted by atomic mass is 9.97. The van der Waals surface area contributed by atoms with Crippen molar-refractivity contribution >= 4 is 23.5 Å². The fourth-order valence-electron chi connectivity index (χ4n) is 2.24. The second-order valence-corrected chi connectivity index (χ2v) is 5.42. The molecule has 0 fully saturated rings. The summed E-state index contributed by atoms with van der Waals surface area (Å²) >= 11 is 6.37. The summed E-state index contributed by atoms with van der Waals surface area (Å²) in [7, 11) is 1.23. The number of aryl methyl sites for hydroxylation is 1. The monoisotopic (exact) mass is 351 g/mol. The molecule has 0 aliphatic heterocycles. The van der Waals surface area contributed by atoms with Crippen molar-refractivity contribution in [3.05, 3.63) is 52.1 Å². The topological polar surface area (TPSA) is 65.5 Å². The summed E-state index contributed by atoms with van der Waals surface area (Å²) < 4.78 is 23.1. The van der Waals surface area contributed by atoms with Crippen LogP contribution < -0.4 is 0 Å². The molecule has 1 heterocycles. The van der Waals surface area contributed by atoms with Gasteiger partial charge in [-0.25, -0.2) is 9.18 Å². The van der Waals surface area contributed by atoms with Gasteiger partial charge in [-0.1, -0.05) is 17.7 Å². The standard InChI is InChI=1S/C17H15ClFNO4/c1-9-6-11(19)4-5-12(9)15-14(8-24-10(2)21)20-7-13(16(15)18)17(22)23-3/h4-7H,8H2,1-3H3. The average Bonchev–Trinajstić information content (AvgIpc) is 2.53. The second kappa shape index (κ2) is 7.40. The summed E-state index contributed by atoms with van der Waals surface area (Å²) in [6.07, 6.45) is 1.26. The number of esters is 2. The van der Waals surface area contributed by atoms with Crippen LogP contribution in [0, 0.1) is 12.7 Å². The van der Waals surface area contributed by atoms with Crippen molar-refractivity contribution in [2.45, 2.75) is 20.5 Å². The maximum absolute atomic E-state index is 13.4. The van der Waals surface area contributed by atoms with E-state index in [1.807, 2.05) is 0 Å². The third-order valence-electron chi connectivity index (χ3n) is 3.37. The lowest BCUT2D eigenvalue weighted by Gasteiger charge is -2.15. The first-order chi connectivity index (χ1) is 11.3. The molecule has 24 heavy (non-hydrogen) atoms. The Morgan fingerprint density at radius 1 is 1.33 bits per heavy atom. The number of hydrogen-bond donors (Lipinski definition) is 0. The zero-order chi connectivity index (χ0) is 17.9. The van der Waals surface area contributed by atoms with Crippen molar-refractivity contribution in [1.29, 1.82) is 0 Å². The highest BCUT2D eigenvalue weighted by molar-refractivity contribution is 6.36. The number of methoxy groups -OCH3 is 1. The highest BCUT2D eigenvalue weighted by atomic mass is 35.5. The van der Waals surface area contributed by atoms with Crippen LogP contribution in [-0.2, 0) is 20.9 Å². The lowest BCUT2D eigenvalue weighted by molar-refractivity contribution is -0.142. The van der Waals surface area contributed by atoms with E-state index in [0.29, 0.717) is 22.4 Å². The molecular weight excluding hydrogens is 337 g/mol. The van der Waals surface area contributed by atoms with Crippen LogP contribution in [0.25, 0.3) is 11.1 Å². The first-order valence-electron chi connectivity index (χ1n) is 7.00. The molecule has 7 heteroatoms. The summed E-state index contributed by atoms with van der Waals surface area (Å²) in [5, 5.41) is 0.105. The van der Waals surface area contributed by atoms with Crippen LogP contribution >= 0.6 is 11.6 Å². The second-order valence-electron chi connectivity index (χ2n) is 5.04. The van der Waals surface area contributed by atoms with Gasteiger partial charge in [-0.05, 0) is 30.2 Å². The molecule has 0 N–H and O–H groups in total. The highest BCUT2D eigenvalue weighted by Crippen LogP contribution is 2.35. The van der Waals surface area contributed by atoms with Crippen LogP contribution in [0.4, 0.5) is 4.39 Å². The van der Waals surface area contributed by atoms with Gasteiger partial charge in [0.1, 0.15) is 12.4 Å². The molecule has 0 aliphatic carbocycles. The Balaban J connectivity index is 2.67. The number of nitrogens with zero attached hydrogens (tertiary/aromatic N) is 1. The molecule has 0 aliphatic rings. The molecule has 0 bridgehead atoms. The van der Waals surface area contributed by atoms with Gasteiger partial charge in [0.2, 0.25) is 0 Å². The third-order valence-corrected chi connectivity index (χ3v) is 3.76. The number of benzene rings is 1. The number of rotatable bonds is 4. The van der Waals surface area contributed by atoms with Crippen molar-refractivity contribution in [3.63, 3.8) is 0 Å². The van der Waals surface area contributed by atoms with Gasteiger partial charge in [0.05, 0.1) is 23.4 Å². The first-order valence-corrected chi connectivity index (χ1v) is 7.38. The minimum Gasteiger partial charge on any atom is -0.465 e. The van der Waals surface area contributed by atoms with Crippen LogP contribution in [0.5, 0.6) is 0 Å². The van der Waals surface area contributed by atoms with Gasteiger partial charge in [0, 0.05) is 18.7 Å². The largest absolute Gasteiger partial charge is 0.465 e. The fourth-order valence-corrected chi connectivity index (χ4v) is 2.57. The molecule has 0 atom stereocenters. The van der Waals surface area contributed by atoms with Gasteiger partial charge < -0.3 is 9.47 Å². The number of halogens is 2. The van der Waals surface area contributed by atoms with Crippen molar-refractivity contribution in [2.24, 2.45) is 0 Å². The predicted molar refractivity (Wildman–Crippen MR) is 86.2 cm³/mol. The number of carbonyl (C=O) groups is 2. The van der Waals surface area contributed by atoms with Crippen molar-refractivity contribution < 1.29 is 23.5 Å². The SMILES string of the molecule is COC(=O)c1cnc(COC(C)=O)c(-c2ccc(F)cc2C)c1Cl. The Kier molecular flexibility index (Phi) is 5.51. The number of pyridine rings is 1. The Labute approximate surface area is 143 Å². The van der Waals surface area contributed by atoms with Gasteiger partial charge >= 0.3 is 11.9 Å². The zero-order valence-electron chi connectivity index (χ0n) is 13.4. The maximum Gasteiger partial charge on any atom is 0.340 e. The van der Waals surface area contributed by atoms with Crippen LogP contribution in [0.1, 0.15) is 28.5 Å². The quantitative estimate of drug-likeness (QED) is 0.786. The molecule has 0 saturated carbocycles. The molecule has 1 aromatic carbocycles. The Hall–Kier alpha value is -2.47. The summed E-state index contributed by atoms with van der Waals surface area (Å²) in [4.78, 5) is 27.1. The molecular formula is C17H15ClFNO4. The Morgan fingerprint density at radius 3 is 2.62 bits per heavy atom. The maximum atomic E-state index is 13.4. The lowest BCUT2D eigenvalue weighted by Crippen LogP contribution is -2.09. The summed E-state index contributed by atoms with van der Waals surface area (Å²) in [6.45, 7) is 2.85. The van der Waals surface area contributed by atoms with E-state index in [9.17, 15) is 14.0 Å². The molecule has 5 nitrogen and oxygen atoms in total. The molecule has 0 spiro atoms. The predicted octanol–water partition coefficient (Wildman–Crippen LogP) is 3.70. The summed E-state index contributed by atoms with van der Waals surface area (Å²) in [6, 6.07) is 4.15.